The first-order valence-electron chi connectivity index (χ1n) is 5.02. The fraction of sp³-hybridized carbons (Fsp3) is 0.636. The lowest BCUT2D eigenvalue weighted by atomic mass is 9.84. The fourth-order valence-corrected chi connectivity index (χ4v) is 2.56. The van der Waals surface area contributed by atoms with Crippen LogP contribution >= 0.6 is 0 Å². The number of esters is 1. The van der Waals surface area contributed by atoms with Crippen molar-refractivity contribution < 1.29 is 9.53 Å². The van der Waals surface area contributed by atoms with Crippen LogP contribution in [0.15, 0.2) is 12.2 Å². The Hall–Kier alpha value is -1.30. The van der Waals surface area contributed by atoms with Crippen molar-refractivity contribution in [2.24, 2.45) is 23.7 Å². The molecule has 0 aromatic carbocycles. The predicted octanol–water partition coefficient (Wildman–Crippen LogP) is 1.51. The number of carbonyl (C=O) groups is 1. The molecule has 3 nitrogen and oxygen atoms in total. The minimum Gasteiger partial charge on any atom is -0.466 e. The molecule has 2 aliphatic carbocycles. The lowest BCUT2D eigenvalue weighted by Crippen LogP contribution is -2.28. The zero-order valence-electron chi connectivity index (χ0n) is 8.14. The topological polar surface area (TPSA) is 50.1 Å². The smallest absolute Gasteiger partial charge is 0.310 e. The summed E-state index contributed by atoms with van der Waals surface area (Å²) < 4.78 is 4.99. The molecule has 0 unspecified atom stereocenters. The van der Waals surface area contributed by atoms with Crippen LogP contribution in [0.25, 0.3) is 0 Å². The molecule has 0 radical (unpaired) electrons. The Kier molecular flexibility index (Phi) is 2.28. The first-order chi connectivity index (χ1) is 6.77. The summed E-state index contributed by atoms with van der Waals surface area (Å²) >= 11 is 0. The molecule has 0 amide bonds. The summed E-state index contributed by atoms with van der Waals surface area (Å²) in [5.41, 5.74) is 0. The third-order valence-electron chi connectivity index (χ3n) is 3.17. The maximum absolute atomic E-state index is 11.6. The summed E-state index contributed by atoms with van der Waals surface area (Å²) in [5.74, 6) is -0.0574. The van der Waals surface area contributed by atoms with E-state index in [0.717, 1.165) is 6.42 Å². The second-order valence-corrected chi connectivity index (χ2v) is 3.88. The number of nitriles is 1. The molecule has 0 aromatic heterocycles. The van der Waals surface area contributed by atoms with E-state index in [-0.39, 0.29) is 29.6 Å². The van der Waals surface area contributed by atoms with Gasteiger partial charge in [0.25, 0.3) is 0 Å². The van der Waals surface area contributed by atoms with Crippen LogP contribution in [-0.4, -0.2) is 12.6 Å². The summed E-state index contributed by atoms with van der Waals surface area (Å²) in [4.78, 5) is 11.6. The Labute approximate surface area is 83.4 Å². The molecule has 2 aliphatic rings. The Morgan fingerprint density at radius 3 is 2.93 bits per heavy atom. The number of fused-ring (bicyclic) bond motifs is 2. The van der Waals surface area contributed by atoms with Gasteiger partial charge in [-0.25, -0.2) is 0 Å². The van der Waals surface area contributed by atoms with Gasteiger partial charge < -0.3 is 4.74 Å². The van der Waals surface area contributed by atoms with Gasteiger partial charge in [0.1, 0.15) is 0 Å². The second-order valence-electron chi connectivity index (χ2n) is 3.88. The Balaban J connectivity index is 2.15. The summed E-state index contributed by atoms with van der Waals surface area (Å²) in [6.07, 6.45) is 5.07. The van der Waals surface area contributed by atoms with Crippen molar-refractivity contribution in [3.05, 3.63) is 12.2 Å². The third kappa shape index (κ3) is 1.22. The van der Waals surface area contributed by atoms with E-state index in [9.17, 15) is 4.79 Å². The van der Waals surface area contributed by atoms with Crippen LogP contribution < -0.4 is 0 Å². The predicted molar refractivity (Wildman–Crippen MR) is 50.0 cm³/mol. The summed E-state index contributed by atoms with van der Waals surface area (Å²) in [5, 5.41) is 8.98. The van der Waals surface area contributed by atoms with Crippen LogP contribution in [0.2, 0.25) is 0 Å². The molecule has 0 heterocycles. The van der Waals surface area contributed by atoms with E-state index < -0.39 is 0 Å². The van der Waals surface area contributed by atoms with Crippen molar-refractivity contribution in [1.29, 1.82) is 5.26 Å². The van der Waals surface area contributed by atoms with E-state index in [2.05, 4.69) is 18.2 Å². The summed E-state index contributed by atoms with van der Waals surface area (Å²) in [7, 11) is 0. The number of nitrogens with zero attached hydrogens (tertiary/aromatic N) is 1. The van der Waals surface area contributed by atoms with Crippen molar-refractivity contribution in [2.75, 3.05) is 6.61 Å². The SMILES string of the molecule is CCOC(=O)[C@H]1[C@@H](C#N)[C@H]2C=C[C@@H]1C2. The van der Waals surface area contributed by atoms with Crippen molar-refractivity contribution >= 4 is 5.97 Å². The molecule has 0 aromatic rings. The summed E-state index contributed by atoms with van der Waals surface area (Å²) in [6, 6.07) is 2.23. The van der Waals surface area contributed by atoms with E-state index >= 15 is 0 Å². The number of ether oxygens (including phenoxy) is 1. The fourth-order valence-electron chi connectivity index (χ4n) is 2.56. The molecular weight excluding hydrogens is 178 g/mol. The molecule has 0 N–H and O–H groups in total. The van der Waals surface area contributed by atoms with Gasteiger partial charge in [-0.15, -0.1) is 0 Å². The molecule has 0 aliphatic heterocycles. The molecule has 4 atom stereocenters. The van der Waals surface area contributed by atoms with Gasteiger partial charge in [-0.2, -0.15) is 5.26 Å². The van der Waals surface area contributed by atoms with E-state index in [0.29, 0.717) is 6.61 Å². The molecule has 0 spiro atoms. The number of hydrogen-bond donors (Lipinski definition) is 0. The van der Waals surface area contributed by atoms with Gasteiger partial charge in [0.2, 0.25) is 0 Å². The number of rotatable bonds is 2. The number of hydrogen-bond acceptors (Lipinski definition) is 3. The lowest BCUT2D eigenvalue weighted by molar-refractivity contribution is -0.149. The minimum absolute atomic E-state index is 0.163. The van der Waals surface area contributed by atoms with Crippen LogP contribution in [0.5, 0.6) is 0 Å². The molecule has 1 saturated carbocycles. The van der Waals surface area contributed by atoms with E-state index in [1.54, 1.807) is 6.92 Å². The van der Waals surface area contributed by atoms with E-state index in [4.69, 9.17) is 10.00 Å². The van der Waals surface area contributed by atoms with Crippen LogP contribution in [-0.2, 0) is 9.53 Å². The highest BCUT2D eigenvalue weighted by molar-refractivity contribution is 5.75. The van der Waals surface area contributed by atoms with Gasteiger partial charge >= 0.3 is 5.97 Å². The van der Waals surface area contributed by atoms with Gasteiger partial charge in [-0.3, -0.25) is 4.79 Å². The molecule has 0 saturated heterocycles. The van der Waals surface area contributed by atoms with Crippen LogP contribution in [0.4, 0.5) is 0 Å². The Morgan fingerprint density at radius 1 is 1.57 bits per heavy atom. The average molecular weight is 191 g/mol. The lowest BCUT2D eigenvalue weighted by Gasteiger charge is -2.20. The van der Waals surface area contributed by atoms with Gasteiger partial charge in [0.15, 0.2) is 0 Å². The second kappa shape index (κ2) is 3.45. The first kappa shape index (κ1) is 9.26. The largest absolute Gasteiger partial charge is 0.466 e. The molecule has 3 heteroatoms. The normalized spacial score (nSPS) is 38.3. The van der Waals surface area contributed by atoms with Crippen molar-refractivity contribution in [2.45, 2.75) is 13.3 Å². The van der Waals surface area contributed by atoms with Crippen LogP contribution in [0.1, 0.15) is 13.3 Å². The molecule has 74 valence electrons. The third-order valence-corrected chi connectivity index (χ3v) is 3.17. The number of carbonyl (C=O) groups excluding carboxylic acids is 1. The highest BCUT2D eigenvalue weighted by Gasteiger charge is 2.49. The Morgan fingerprint density at radius 2 is 2.29 bits per heavy atom. The maximum Gasteiger partial charge on any atom is 0.310 e. The molecule has 1 fully saturated rings. The van der Waals surface area contributed by atoms with E-state index in [1.165, 1.54) is 0 Å². The zero-order chi connectivity index (χ0) is 10.1. The van der Waals surface area contributed by atoms with Gasteiger partial charge in [0.05, 0.1) is 24.5 Å². The molecule has 2 bridgehead atoms. The summed E-state index contributed by atoms with van der Waals surface area (Å²) in [6.45, 7) is 2.19. The van der Waals surface area contributed by atoms with Gasteiger partial charge in [-0.05, 0) is 25.2 Å². The quantitative estimate of drug-likeness (QED) is 0.491. The maximum atomic E-state index is 11.6. The standard InChI is InChI=1S/C11H13NO2/c1-2-14-11(13)10-8-4-3-7(5-8)9(10)6-12/h3-4,7-10H,2,5H2,1H3/t7-,8+,9-,10+/m0/s1. The van der Waals surface area contributed by atoms with Gasteiger partial charge in [0, 0.05) is 0 Å². The van der Waals surface area contributed by atoms with Gasteiger partial charge in [-0.1, -0.05) is 12.2 Å². The van der Waals surface area contributed by atoms with Crippen molar-refractivity contribution in [3.8, 4) is 6.07 Å². The zero-order valence-corrected chi connectivity index (χ0v) is 8.14. The minimum atomic E-state index is -0.213. The average Bonchev–Trinajstić information content (AvgIpc) is 2.76. The molecular formula is C11H13NO2. The van der Waals surface area contributed by atoms with E-state index in [1.807, 2.05) is 0 Å². The Bertz CT molecular complexity index is 316. The monoisotopic (exact) mass is 191 g/mol. The van der Waals surface area contributed by atoms with Crippen LogP contribution in [0, 0.1) is 35.0 Å². The molecule has 2 rings (SSSR count). The number of allylic oxidation sites excluding steroid dienone is 2. The first-order valence-corrected chi connectivity index (χ1v) is 5.02. The molecule has 14 heavy (non-hydrogen) atoms. The van der Waals surface area contributed by atoms with Crippen molar-refractivity contribution in [1.82, 2.24) is 0 Å². The highest BCUT2D eigenvalue weighted by Crippen LogP contribution is 2.48. The highest BCUT2D eigenvalue weighted by atomic mass is 16.5. The van der Waals surface area contributed by atoms with Crippen molar-refractivity contribution in [3.63, 3.8) is 0 Å². The van der Waals surface area contributed by atoms with Crippen LogP contribution in [0.3, 0.4) is 0 Å².